The standard InChI is InChI=1S/C23H33N5O3/c1-17(18-8-10-28(25-31)11-9-18)16-26-12-14-27(15-13-26)20-4-2-19(3-5-20)21-6-7-22(29)24-23(21)30/h2-5,17-18,21H,6-16H2,1H3,(H,24,29,30). The van der Waals surface area contributed by atoms with Gasteiger partial charge in [0.15, 0.2) is 0 Å². The molecule has 1 aromatic rings. The first-order chi connectivity index (χ1) is 15.0. The molecule has 168 valence electrons. The predicted molar refractivity (Wildman–Crippen MR) is 119 cm³/mol. The number of nitrogens with zero attached hydrogens (tertiary/aromatic N) is 4. The number of amides is 2. The van der Waals surface area contributed by atoms with Crippen LogP contribution in [-0.4, -0.2) is 67.5 Å². The van der Waals surface area contributed by atoms with Gasteiger partial charge in [-0.1, -0.05) is 19.1 Å². The maximum absolute atomic E-state index is 12.1. The molecule has 2 amide bonds. The molecule has 0 saturated carbocycles. The van der Waals surface area contributed by atoms with Crippen LogP contribution in [0.5, 0.6) is 0 Å². The Morgan fingerprint density at radius 2 is 1.68 bits per heavy atom. The van der Waals surface area contributed by atoms with Crippen LogP contribution in [0.15, 0.2) is 29.6 Å². The molecule has 3 heterocycles. The fraction of sp³-hybridized carbons (Fsp3) is 0.652. The molecule has 8 nitrogen and oxygen atoms in total. The third-order valence-corrected chi connectivity index (χ3v) is 7.25. The molecule has 3 saturated heterocycles. The Bertz CT molecular complexity index is 783. The summed E-state index contributed by atoms with van der Waals surface area (Å²) in [7, 11) is 0. The lowest BCUT2D eigenvalue weighted by Gasteiger charge is -2.39. The van der Waals surface area contributed by atoms with Crippen molar-refractivity contribution in [3.8, 4) is 0 Å². The summed E-state index contributed by atoms with van der Waals surface area (Å²) in [6.45, 7) is 9.14. The van der Waals surface area contributed by atoms with Crippen LogP contribution in [0, 0.1) is 16.7 Å². The third-order valence-electron chi connectivity index (χ3n) is 7.25. The van der Waals surface area contributed by atoms with E-state index in [4.69, 9.17) is 0 Å². The van der Waals surface area contributed by atoms with Crippen LogP contribution in [0.25, 0.3) is 0 Å². The fourth-order valence-corrected chi connectivity index (χ4v) is 5.21. The van der Waals surface area contributed by atoms with Gasteiger partial charge in [0.2, 0.25) is 11.8 Å². The molecule has 0 aliphatic carbocycles. The number of carbonyl (C=O) groups excluding carboxylic acids is 2. The quantitative estimate of drug-likeness (QED) is 0.554. The molecule has 8 heteroatoms. The summed E-state index contributed by atoms with van der Waals surface area (Å²) in [6, 6.07) is 8.27. The summed E-state index contributed by atoms with van der Waals surface area (Å²) >= 11 is 0. The Hall–Kier alpha value is -2.48. The fourth-order valence-electron chi connectivity index (χ4n) is 5.21. The summed E-state index contributed by atoms with van der Waals surface area (Å²) in [5.41, 5.74) is 2.18. The molecule has 1 N–H and O–H groups in total. The highest BCUT2D eigenvalue weighted by Crippen LogP contribution is 2.28. The van der Waals surface area contributed by atoms with Crippen molar-refractivity contribution >= 4 is 17.5 Å². The van der Waals surface area contributed by atoms with Crippen molar-refractivity contribution in [3.63, 3.8) is 0 Å². The van der Waals surface area contributed by atoms with Gasteiger partial charge in [0, 0.05) is 57.9 Å². The molecule has 2 atom stereocenters. The highest BCUT2D eigenvalue weighted by molar-refractivity contribution is 6.00. The molecule has 31 heavy (non-hydrogen) atoms. The van der Waals surface area contributed by atoms with Crippen LogP contribution in [0.4, 0.5) is 5.69 Å². The number of anilines is 1. The van der Waals surface area contributed by atoms with E-state index in [0.717, 1.165) is 64.2 Å². The number of piperidine rings is 2. The van der Waals surface area contributed by atoms with Gasteiger partial charge >= 0.3 is 0 Å². The monoisotopic (exact) mass is 427 g/mol. The van der Waals surface area contributed by atoms with Crippen molar-refractivity contribution in [1.82, 2.24) is 15.2 Å². The van der Waals surface area contributed by atoms with Gasteiger partial charge in [0.1, 0.15) is 0 Å². The smallest absolute Gasteiger partial charge is 0.234 e. The van der Waals surface area contributed by atoms with Gasteiger partial charge in [-0.2, -0.15) is 0 Å². The van der Waals surface area contributed by atoms with Crippen LogP contribution in [0.1, 0.15) is 44.1 Å². The zero-order valence-corrected chi connectivity index (χ0v) is 18.3. The van der Waals surface area contributed by atoms with Gasteiger partial charge in [-0.05, 0) is 48.8 Å². The Balaban J connectivity index is 1.25. The molecule has 3 aliphatic rings. The molecular formula is C23H33N5O3. The van der Waals surface area contributed by atoms with E-state index in [9.17, 15) is 14.5 Å². The second-order valence-electron chi connectivity index (χ2n) is 9.23. The van der Waals surface area contributed by atoms with Crippen LogP contribution in [0.3, 0.4) is 0 Å². The normalized spacial score (nSPS) is 24.7. The maximum Gasteiger partial charge on any atom is 0.234 e. The van der Waals surface area contributed by atoms with Crippen LogP contribution in [-0.2, 0) is 9.59 Å². The van der Waals surface area contributed by atoms with Crippen molar-refractivity contribution in [1.29, 1.82) is 0 Å². The second-order valence-corrected chi connectivity index (χ2v) is 9.23. The number of imide groups is 1. The van der Waals surface area contributed by atoms with E-state index in [1.54, 1.807) is 5.01 Å². The maximum atomic E-state index is 12.1. The van der Waals surface area contributed by atoms with Crippen LogP contribution >= 0.6 is 0 Å². The second kappa shape index (κ2) is 9.77. The molecule has 2 unspecified atom stereocenters. The van der Waals surface area contributed by atoms with E-state index in [2.05, 4.69) is 39.5 Å². The summed E-state index contributed by atoms with van der Waals surface area (Å²) in [6.07, 6.45) is 3.12. The number of rotatable bonds is 6. The summed E-state index contributed by atoms with van der Waals surface area (Å²) in [4.78, 5) is 39.1. The van der Waals surface area contributed by atoms with Crippen molar-refractivity contribution < 1.29 is 9.59 Å². The third kappa shape index (κ3) is 5.23. The molecule has 0 spiro atoms. The van der Waals surface area contributed by atoms with Crippen molar-refractivity contribution in [2.45, 2.75) is 38.5 Å². The topological polar surface area (TPSA) is 85.3 Å². The first-order valence-corrected chi connectivity index (χ1v) is 11.5. The SMILES string of the molecule is CC(CN1CCN(c2ccc(C3CCC(=O)NC3=O)cc2)CC1)C1CCN(N=O)CC1. The largest absolute Gasteiger partial charge is 0.369 e. The van der Waals surface area contributed by atoms with E-state index in [1.807, 2.05) is 12.1 Å². The van der Waals surface area contributed by atoms with Gasteiger partial charge in [-0.25, -0.2) is 0 Å². The predicted octanol–water partition coefficient (Wildman–Crippen LogP) is 2.36. The molecule has 3 aliphatic heterocycles. The number of piperazine rings is 1. The first kappa shape index (κ1) is 21.7. The molecule has 1 aromatic carbocycles. The van der Waals surface area contributed by atoms with E-state index < -0.39 is 0 Å². The summed E-state index contributed by atoms with van der Waals surface area (Å²) in [5.74, 6) is 0.733. The minimum atomic E-state index is -0.223. The molecule has 0 bridgehead atoms. The summed E-state index contributed by atoms with van der Waals surface area (Å²) in [5, 5.41) is 7.15. The Morgan fingerprint density at radius 1 is 1.00 bits per heavy atom. The minimum absolute atomic E-state index is 0.173. The van der Waals surface area contributed by atoms with E-state index >= 15 is 0 Å². The average Bonchev–Trinajstić information content (AvgIpc) is 2.80. The first-order valence-electron chi connectivity index (χ1n) is 11.5. The average molecular weight is 428 g/mol. The lowest BCUT2D eigenvalue weighted by atomic mass is 9.85. The van der Waals surface area contributed by atoms with Crippen molar-refractivity contribution in [2.24, 2.45) is 17.1 Å². The van der Waals surface area contributed by atoms with E-state index in [1.165, 1.54) is 5.69 Å². The van der Waals surface area contributed by atoms with Gasteiger partial charge in [-0.3, -0.25) is 24.8 Å². The van der Waals surface area contributed by atoms with Crippen molar-refractivity contribution in [3.05, 3.63) is 34.7 Å². The summed E-state index contributed by atoms with van der Waals surface area (Å²) < 4.78 is 0. The van der Waals surface area contributed by atoms with Gasteiger partial charge in [0.05, 0.1) is 11.2 Å². The zero-order valence-electron chi connectivity index (χ0n) is 18.3. The van der Waals surface area contributed by atoms with E-state index in [0.29, 0.717) is 24.7 Å². The highest BCUT2D eigenvalue weighted by Gasteiger charge is 2.29. The number of nitroso groups, excluding NO2 is 1. The minimum Gasteiger partial charge on any atom is -0.369 e. The molecule has 0 aromatic heterocycles. The van der Waals surface area contributed by atoms with Gasteiger partial charge in [-0.15, -0.1) is 4.91 Å². The Kier molecular flexibility index (Phi) is 6.85. The number of hydrogen-bond donors (Lipinski definition) is 1. The Morgan fingerprint density at radius 3 is 2.29 bits per heavy atom. The number of carbonyl (C=O) groups is 2. The molecular weight excluding hydrogens is 394 g/mol. The van der Waals surface area contributed by atoms with Crippen LogP contribution < -0.4 is 10.2 Å². The van der Waals surface area contributed by atoms with Gasteiger partial charge < -0.3 is 4.90 Å². The lowest BCUT2D eigenvalue weighted by molar-refractivity contribution is -0.134. The zero-order chi connectivity index (χ0) is 21.8. The van der Waals surface area contributed by atoms with Gasteiger partial charge in [0.25, 0.3) is 0 Å². The number of hydrogen-bond acceptors (Lipinski definition) is 6. The molecule has 3 fully saturated rings. The van der Waals surface area contributed by atoms with E-state index in [-0.39, 0.29) is 17.7 Å². The Labute approximate surface area is 183 Å². The van der Waals surface area contributed by atoms with Crippen LogP contribution in [0.2, 0.25) is 0 Å². The number of nitrogens with one attached hydrogen (secondary N) is 1. The highest BCUT2D eigenvalue weighted by atomic mass is 16.3. The molecule has 4 rings (SSSR count). The van der Waals surface area contributed by atoms with Crippen molar-refractivity contribution in [2.75, 3.05) is 50.7 Å². The molecule has 0 radical (unpaired) electrons. The number of benzene rings is 1. The lowest BCUT2D eigenvalue weighted by Crippen LogP contribution is -2.48.